The molecule has 3 heteroatoms. The lowest BCUT2D eigenvalue weighted by Gasteiger charge is -2.18. The van der Waals surface area contributed by atoms with Crippen molar-refractivity contribution in [3.8, 4) is 0 Å². The molecule has 1 saturated carbocycles. The summed E-state index contributed by atoms with van der Waals surface area (Å²) in [5.74, 6) is 0.303. The number of esters is 1. The van der Waals surface area contributed by atoms with Crippen molar-refractivity contribution in [3.63, 3.8) is 0 Å². The van der Waals surface area contributed by atoms with Crippen LogP contribution in [0.5, 0.6) is 0 Å². The summed E-state index contributed by atoms with van der Waals surface area (Å²) in [5, 5.41) is 0. The average molecular weight is 245 g/mol. The van der Waals surface area contributed by atoms with Gasteiger partial charge in [-0.3, -0.25) is 4.98 Å². The van der Waals surface area contributed by atoms with Gasteiger partial charge in [0.1, 0.15) is 0 Å². The van der Waals surface area contributed by atoms with Crippen molar-refractivity contribution in [1.29, 1.82) is 0 Å². The van der Waals surface area contributed by atoms with E-state index in [1.54, 1.807) is 0 Å². The maximum atomic E-state index is 12.0. The third-order valence-electron chi connectivity index (χ3n) is 3.79. The Kier molecular flexibility index (Phi) is 3.06. The summed E-state index contributed by atoms with van der Waals surface area (Å²) < 4.78 is 5.16. The van der Waals surface area contributed by atoms with Crippen molar-refractivity contribution in [3.05, 3.63) is 28.6 Å². The summed E-state index contributed by atoms with van der Waals surface area (Å²) in [6, 6.07) is 2.05. The lowest BCUT2D eigenvalue weighted by molar-refractivity contribution is 0.0524. The Labute approximate surface area is 108 Å². The first-order valence-corrected chi connectivity index (χ1v) is 6.99. The monoisotopic (exact) mass is 245 g/mol. The Morgan fingerprint density at radius 1 is 1.39 bits per heavy atom. The molecule has 1 fully saturated rings. The lowest BCUT2D eigenvalue weighted by Crippen LogP contribution is -2.14. The third-order valence-corrected chi connectivity index (χ3v) is 3.79. The number of carbonyl (C=O) groups is 1. The van der Waals surface area contributed by atoms with E-state index in [1.165, 1.54) is 24.1 Å². The summed E-state index contributed by atoms with van der Waals surface area (Å²) in [5.41, 5.74) is 4.19. The zero-order valence-corrected chi connectivity index (χ0v) is 10.9. The van der Waals surface area contributed by atoms with E-state index in [0.29, 0.717) is 12.5 Å². The molecule has 1 heterocycles. The molecule has 0 spiro atoms. The first kappa shape index (κ1) is 11.7. The molecule has 2 aliphatic rings. The number of ether oxygens (including phenoxy) is 1. The molecule has 0 N–H and O–H groups in total. The Morgan fingerprint density at radius 3 is 2.89 bits per heavy atom. The molecule has 0 saturated heterocycles. The van der Waals surface area contributed by atoms with E-state index in [9.17, 15) is 4.79 Å². The van der Waals surface area contributed by atoms with Gasteiger partial charge in [0.2, 0.25) is 0 Å². The molecule has 0 aromatic carbocycles. The van der Waals surface area contributed by atoms with Gasteiger partial charge in [-0.05, 0) is 57.1 Å². The lowest BCUT2D eigenvalue weighted by atomic mass is 9.93. The van der Waals surface area contributed by atoms with E-state index in [4.69, 9.17) is 9.72 Å². The molecule has 0 radical (unpaired) electrons. The van der Waals surface area contributed by atoms with Crippen LogP contribution in [0, 0.1) is 0 Å². The van der Waals surface area contributed by atoms with Crippen molar-refractivity contribution in [2.24, 2.45) is 0 Å². The normalized spacial score (nSPS) is 18.3. The van der Waals surface area contributed by atoms with Crippen LogP contribution in [-0.4, -0.2) is 17.6 Å². The highest BCUT2D eigenvalue weighted by Crippen LogP contribution is 2.41. The number of aryl methyl sites for hydroxylation is 2. The van der Waals surface area contributed by atoms with E-state index in [2.05, 4.69) is 0 Å². The molecule has 18 heavy (non-hydrogen) atoms. The van der Waals surface area contributed by atoms with Gasteiger partial charge < -0.3 is 4.74 Å². The first-order chi connectivity index (χ1) is 8.79. The number of hydrogen-bond donors (Lipinski definition) is 0. The second-order valence-corrected chi connectivity index (χ2v) is 5.23. The fraction of sp³-hybridized carbons (Fsp3) is 0.600. The van der Waals surface area contributed by atoms with Crippen molar-refractivity contribution in [1.82, 2.24) is 4.98 Å². The standard InChI is InChI=1S/C15H19NO2/c1-2-18-15(17)12-9-11-5-3-4-6-13(11)16-14(12)10-7-8-10/h9-10H,2-8H2,1H3. The minimum atomic E-state index is -0.194. The summed E-state index contributed by atoms with van der Waals surface area (Å²) in [4.78, 5) is 16.8. The van der Waals surface area contributed by atoms with E-state index in [1.807, 2.05) is 13.0 Å². The average Bonchev–Trinajstić information content (AvgIpc) is 3.22. The maximum absolute atomic E-state index is 12.0. The zero-order valence-electron chi connectivity index (χ0n) is 10.9. The van der Waals surface area contributed by atoms with Gasteiger partial charge in [-0.1, -0.05) is 0 Å². The van der Waals surface area contributed by atoms with Crippen LogP contribution in [0.2, 0.25) is 0 Å². The summed E-state index contributed by atoms with van der Waals surface area (Å²) >= 11 is 0. The topological polar surface area (TPSA) is 39.2 Å². The Bertz CT molecular complexity index is 478. The molecular weight excluding hydrogens is 226 g/mol. The van der Waals surface area contributed by atoms with Crippen molar-refractivity contribution < 1.29 is 9.53 Å². The molecule has 0 aliphatic heterocycles. The second kappa shape index (κ2) is 4.71. The minimum absolute atomic E-state index is 0.194. The van der Waals surface area contributed by atoms with E-state index >= 15 is 0 Å². The van der Waals surface area contributed by atoms with Crippen molar-refractivity contribution >= 4 is 5.97 Å². The van der Waals surface area contributed by atoms with Gasteiger partial charge in [0.15, 0.2) is 0 Å². The molecule has 0 atom stereocenters. The first-order valence-electron chi connectivity index (χ1n) is 6.99. The van der Waals surface area contributed by atoms with Gasteiger partial charge in [0.25, 0.3) is 0 Å². The number of pyridine rings is 1. The molecule has 1 aromatic rings. The molecule has 3 nitrogen and oxygen atoms in total. The van der Waals surface area contributed by atoms with E-state index < -0.39 is 0 Å². The van der Waals surface area contributed by atoms with Crippen molar-refractivity contribution in [2.75, 3.05) is 6.61 Å². The summed E-state index contributed by atoms with van der Waals surface area (Å²) in [6.07, 6.45) is 6.89. The molecule has 0 unspecified atom stereocenters. The largest absolute Gasteiger partial charge is 0.462 e. The number of aromatic nitrogens is 1. The molecule has 1 aromatic heterocycles. The highest BCUT2D eigenvalue weighted by atomic mass is 16.5. The number of fused-ring (bicyclic) bond motifs is 1. The van der Waals surface area contributed by atoms with Crippen LogP contribution in [0.25, 0.3) is 0 Å². The maximum Gasteiger partial charge on any atom is 0.339 e. The Morgan fingerprint density at radius 2 is 2.17 bits per heavy atom. The van der Waals surface area contributed by atoms with Gasteiger partial charge in [-0.15, -0.1) is 0 Å². The van der Waals surface area contributed by atoms with Crippen molar-refractivity contribution in [2.45, 2.75) is 51.4 Å². The van der Waals surface area contributed by atoms with Gasteiger partial charge in [0.05, 0.1) is 17.9 Å². The van der Waals surface area contributed by atoms with Crippen LogP contribution in [0.4, 0.5) is 0 Å². The predicted octanol–water partition coefficient (Wildman–Crippen LogP) is 3.01. The molecular formula is C15H19NO2. The highest BCUT2D eigenvalue weighted by Gasteiger charge is 2.31. The quantitative estimate of drug-likeness (QED) is 0.768. The van der Waals surface area contributed by atoms with Crippen LogP contribution >= 0.6 is 0 Å². The van der Waals surface area contributed by atoms with Crippen LogP contribution in [0.15, 0.2) is 6.07 Å². The Balaban J connectivity index is 2.01. The zero-order chi connectivity index (χ0) is 12.5. The fourth-order valence-corrected chi connectivity index (χ4v) is 2.69. The number of nitrogens with zero attached hydrogens (tertiary/aromatic N) is 1. The van der Waals surface area contributed by atoms with Gasteiger partial charge in [0, 0.05) is 11.6 Å². The smallest absolute Gasteiger partial charge is 0.339 e. The number of carbonyl (C=O) groups excluding carboxylic acids is 1. The summed E-state index contributed by atoms with van der Waals surface area (Å²) in [6.45, 7) is 2.28. The van der Waals surface area contributed by atoms with Crippen LogP contribution in [-0.2, 0) is 17.6 Å². The highest BCUT2D eigenvalue weighted by molar-refractivity contribution is 5.91. The SMILES string of the molecule is CCOC(=O)c1cc2c(nc1C1CC1)CCCC2. The number of rotatable bonds is 3. The molecule has 96 valence electrons. The van der Waals surface area contributed by atoms with Crippen LogP contribution < -0.4 is 0 Å². The van der Waals surface area contributed by atoms with Gasteiger partial charge >= 0.3 is 5.97 Å². The fourth-order valence-electron chi connectivity index (χ4n) is 2.69. The summed E-state index contributed by atoms with van der Waals surface area (Å²) in [7, 11) is 0. The predicted molar refractivity (Wildman–Crippen MR) is 68.8 cm³/mol. The van der Waals surface area contributed by atoms with E-state index in [0.717, 1.165) is 36.9 Å². The molecule has 3 rings (SSSR count). The minimum Gasteiger partial charge on any atom is -0.462 e. The van der Waals surface area contributed by atoms with Crippen LogP contribution in [0.3, 0.4) is 0 Å². The molecule has 0 amide bonds. The van der Waals surface area contributed by atoms with Crippen LogP contribution in [0.1, 0.15) is 65.8 Å². The number of hydrogen-bond acceptors (Lipinski definition) is 3. The Hall–Kier alpha value is -1.38. The van der Waals surface area contributed by atoms with E-state index in [-0.39, 0.29) is 5.97 Å². The van der Waals surface area contributed by atoms with Gasteiger partial charge in [-0.25, -0.2) is 4.79 Å². The van der Waals surface area contributed by atoms with Gasteiger partial charge in [-0.2, -0.15) is 0 Å². The molecule has 2 aliphatic carbocycles. The molecule has 0 bridgehead atoms. The second-order valence-electron chi connectivity index (χ2n) is 5.23. The third kappa shape index (κ3) is 2.14.